The minimum Gasteiger partial charge on any atom is -0.383 e. The SMILES string of the molecule is COCCNC(=O)c1cn(C[C@@H]2CC(F)(F)CN2C(=O)c2ccc3ccccc3n2)nn1. The van der Waals surface area contributed by atoms with Crippen LogP contribution in [0.2, 0.25) is 0 Å². The van der Waals surface area contributed by atoms with E-state index in [-0.39, 0.29) is 17.9 Å². The van der Waals surface area contributed by atoms with Crippen molar-refractivity contribution in [3.63, 3.8) is 0 Å². The third-order valence-electron chi connectivity index (χ3n) is 5.22. The molecule has 0 aliphatic carbocycles. The summed E-state index contributed by atoms with van der Waals surface area (Å²) < 4.78 is 34.7. The van der Waals surface area contributed by atoms with Gasteiger partial charge in [-0.2, -0.15) is 0 Å². The number of methoxy groups -OCH3 is 1. The Morgan fingerprint density at radius 3 is 2.84 bits per heavy atom. The Bertz CT molecular complexity index is 1140. The molecule has 3 heterocycles. The Hall–Kier alpha value is -3.47. The number of benzene rings is 1. The van der Waals surface area contributed by atoms with Crippen LogP contribution in [-0.4, -0.2) is 75.5 Å². The number of pyridine rings is 1. The molecule has 9 nitrogen and oxygen atoms in total. The van der Waals surface area contributed by atoms with Gasteiger partial charge in [-0.25, -0.2) is 18.4 Å². The number of halogens is 2. The monoisotopic (exact) mass is 444 g/mol. The highest BCUT2D eigenvalue weighted by Gasteiger charge is 2.47. The van der Waals surface area contributed by atoms with E-state index < -0.39 is 36.7 Å². The van der Waals surface area contributed by atoms with Gasteiger partial charge in [0.15, 0.2) is 5.69 Å². The number of aromatic nitrogens is 4. The molecular formula is C21H22F2N6O3. The number of amides is 2. The lowest BCUT2D eigenvalue weighted by Crippen LogP contribution is -2.39. The number of alkyl halides is 2. The molecule has 0 radical (unpaired) electrons. The number of carbonyl (C=O) groups excluding carboxylic acids is 2. The number of para-hydroxylation sites is 1. The lowest BCUT2D eigenvalue weighted by molar-refractivity contribution is 0.0116. The maximum Gasteiger partial charge on any atom is 0.273 e. The minimum absolute atomic E-state index is 0.0206. The second-order valence-corrected chi connectivity index (χ2v) is 7.61. The van der Waals surface area contributed by atoms with Crippen molar-refractivity contribution in [3.8, 4) is 0 Å². The first-order chi connectivity index (χ1) is 15.4. The molecule has 1 aromatic carbocycles. The maximum absolute atomic E-state index is 14.2. The molecule has 168 valence electrons. The normalized spacial score (nSPS) is 17.6. The molecule has 4 rings (SSSR count). The summed E-state index contributed by atoms with van der Waals surface area (Å²) in [6.07, 6.45) is 0.858. The van der Waals surface area contributed by atoms with E-state index in [1.165, 1.54) is 24.1 Å². The van der Waals surface area contributed by atoms with Gasteiger partial charge >= 0.3 is 0 Å². The molecule has 32 heavy (non-hydrogen) atoms. The van der Waals surface area contributed by atoms with Gasteiger partial charge in [0.25, 0.3) is 17.7 Å². The predicted octanol–water partition coefficient (Wildman–Crippen LogP) is 1.75. The number of carbonyl (C=O) groups is 2. The molecule has 1 aliphatic heterocycles. The topological polar surface area (TPSA) is 102 Å². The van der Waals surface area contributed by atoms with E-state index in [0.29, 0.717) is 18.7 Å². The zero-order valence-electron chi connectivity index (χ0n) is 17.4. The van der Waals surface area contributed by atoms with Crippen LogP contribution in [0.1, 0.15) is 27.4 Å². The van der Waals surface area contributed by atoms with Gasteiger partial charge in [-0.1, -0.05) is 29.5 Å². The van der Waals surface area contributed by atoms with Crippen molar-refractivity contribution in [2.45, 2.75) is 24.9 Å². The first-order valence-electron chi connectivity index (χ1n) is 10.1. The smallest absolute Gasteiger partial charge is 0.273 e. The second-order valence-electron chi connectivity index (χ2n) is 7.61. The molecular weight excluding hydrogens is 422 g/mol. The van der Waals surface area contributed by atoms with Gasteiger partial charge in [0.1, 0.15) is 5.69 Å². The number of hydrogen-bond donors (Lipinski definition) is 1. The van der Waals surface area contributed by atoms with Crippen molar-refractivity contribution in [1.82, 2.24) is 30.2 Å². The van der Waals surface area contributed by atoms with Gasteiger partial charge < -0.3 is 15.0 Å². The summed E-state index contributed by atoms with van der Waals surface area (Å²) in [4.78, 5) is 30.6. The largest absolute Gasteiger partial charge is 0.383 e. The maximum atomic E-state index is 14.2. The van der Waals surface area contributed by atoms with E-state index in [1.54, 1.807) is 18.2 Å². The summed E-state index contributed by atoms with van der Waals surface area (Å²) >= 11 is 0. The number of ether oxygens (including phenoxy) is 1. The minimum atomic E-state index is -3.03. The zero-order chi connectivity index (χ0) is 22.7. The Balaban J connectivity index is 1.50. The highest BCUT2D eigenvalue weighted by molar-refractivity contribution is 5.95. The van der Waals surface area contributed by atoms with Crippen LogP contribution in [-0.2, 0) is 11.3 Å². The fourth-order valence-electron chi connectivity index (χ4n) is 3.70. The third-order valence-corrected chi connectivity index (χ3v) is 5.22. The molecule has 2 amide bonds. The molecule has 0 saturated carbocycles. The number of fused-ring (bicyclic) bond motifs is 1. The number of nitrogens with one attached hydrogen (secondary N) is 1. The van der Waals surface area contributed by atoms with Gasteiger partial charge in [0, 0.05) is 25.5 Å². The fourth-order valence-corrected chi connectivity index (χ4v) is 3.70. The summed E-state index contributed by atoms with van der Waals surface area (Å²) in [7, 11) is 1.51. The quantitative estimate of drug-likeness (QED) is 0.557. The molecule has 0 spiro atoms. The Labute approximate surface area is 182 Å². The van der Waals surface area contributed by atoms with Crippen LogP contribution in [0.15, 0.2) is 42.6 Å². The van der Waals surface area contributed by atoms with Crippen molar-refractivity contribution < 1.29 is 23.1 Å². The molecule has 1 saturated heterocycles. The van der Waals surface area contributed by atoms with E-state index in [1.807, 2.05) is 12.1 Å². The molecule has 1 fully saturated rings. The second kappa shape index (κ2) is 8.95. The van der Waals surface area contributed by atoms with Crippen molar-refractivity contribution in [3.05, 3.63) is 54.0 Å². The van der Waals surface area contributed by atoms with Crippen LogP contribution in [0, 0.1) is 0 Å². The molecule has 0 unspecified atom stereocenters. The van der Waals surface area contributed by atoms with Gasteiger partial charge in [0.2, 0.25) is 0 Å². The number of rotatable bonds is 7. The van der Waals surface area contributed by atoms with Crippen molar-refractivity contribution >= 4 is 22.7 Å². The van der Waals surface area contributed by atoms with Gasteiger partial charge in [-0.15, -0.1) is 5.10 Å². The lowest BCUT2D eigenvalue weighted by Gasteiger charge is -2.23. The summed E-state index contributed by atoms with van der Waals surface area (Å²) in [6, 6.07) is 9.72. The molecule has 2 aromatic heterocycles. The fraction of sp³-hybridized carbons (Fsp3) is 0.381. The van der Waals surface area contributed by atoms with E-state index in [4.69, 9.17) is 4.74 Å². The zero-order valence-corrected chi connectivity index (χ0v) is 17.4. The van der Waals surface area contributed by atoms with Crippen LogP contribution in [0.4, 0.5) is 8.78 Å². The molecule has 1 aliphatic rings. The molecule has 0 bridgehead atoms. The Kier molecular flexibility index (Phi) is 6.08. The first-order valence-corrected chi connectivity index (χ1v) is 10.1. The van der Waals surface area contributed by atoms with E-state index in [9.17, 15) is 18.4 Å². The van der Waals surface area contributed by atoms with Crippen LogP contribution >= 0.6 is 0 Å². The molecule has 11 heteroatoms. The van der Waals surface area contributed by atoms with Crippen LogP contribution < -0.4 is 5.32 Å². The first kappa shape index (κ1) is 21.8. The van der Waals surface area contributed by atoms with Crippen molar-refractivity contribution in [2.75, 3.05) is 26.8 Å². The summed E-state index contributed by atoms with van der Waals surface area (Å²) in [6.45, 7) is -0.0771. The van der Waals surface area contributed by atoms with Crippen LogP contribution in [0.25, 0.3) is 10.9 Å². The van der Waals surface area contributed by atoms with E-state index >= 15 is 0 Å². The Morgan fingerprint density at radius 1 is 1.22 bits per heavy atom. The number of likely N-dealkylation sites (tertiary alicyclic amines) is 1. The average Bonchev–Trinajstić information content (AvgIpc) is 3.36. The standard InChI is InChI=1S/C21H22F2N6O3/c1-32-9-8-24-19(30)18-12-28(27-26-18)11-15-10-21(22,23)13-29(15)20(31)17-7-6-14-4-2-3-5-16(14)25-17/h2-7,12,15H,8-11,13H2,1H3,(H,24,30)/t15-/m0/s1. The third kappa shape index (κ3) is 4.72. The summed E-state index contributed by atoms with van der Waals surface area (Å²) in [5.41, 5.74) is 0.768. The van der Waals surface area contributed by atoms with E-state index in [2.05, 4.69) is 20.6 Å². The number of hydrogen-bond acceptors (Lipinski definition) is 6. The van der Waals surface area contributed by atoms with E-state index in [0.717, 1.165) is 10.3 Å². The molecule has 1 N–H and O–H groups in total. The number of nitrogens with zero attached hydrogens (tertiary/aromatic N) is 5. The van der Waals surface area contributed by atoms with Gasteiger partial charge in [-0.3, -0.25) is 9.59 Å². The van der Waals surface area contributed by atoms with Gasteiger partial charge in [0.05, 0.1) is 37.5 Å². The van der Waals surface area contributed by atoms with Crippen LogP contribution in [0.5, 0.6) is 0 Å². The van der Waals surface area contributed by atoms with Crippen molar-refractivity contribution in [2.24, 2.45) is 0 Å². The highest BCUT2D eigenvalue weighted by atomic mass is 19.3. The predicted molar refractivity (Wildman–Crippen MR) is 110 cm³/mol. The lowest BCUT2D eigenvalue weighted by atomic mass is 10.1. The van der Waals surface area contributed by atoms with Crippen molar-refractivity contribution in [1.29, 1.82) is 0 Å². The highest BCUT2D eigenvalue weighted by Crippen LogP contribution is 2.33. The van der Waals surface area contributed by atoms with Gasteiger partial charge in [-0.05, 0) is 12.1 Å². The average molecular weight is 444 g/mol. The summed E-state index contributed by atoms with van der Waals surface area (Å²) in [5.74, 6) is -4.05. The Morgan fingerprint density at radius 2 is 2.03 bits per heavy atom. The molecule has 1 atom stereocenters. The van der Waals surface area contributed by atoms with Crippen LogP contribution in [0.3, 0.4) is 0 Å². The molecule has 3 aromatic rings. The summed E-state index contributed by atoms with van der Waals surface area (Å²) in [5, 5.41) is 11.1.